The summed E-state index contributed by atoms with van der Waals surface area (Å²) < 4.78 is 5.46. The van der Waals surface area contributed by atoms with E-state index in [2.05, 4.69) is 20.3 Å². The Bertz CT molecular complexity index is 928. The van der Waals surface area contributed by atoms with Crippen LogP contribution in [-0.2, 0) is 4.79 Å². The zero-order chi connectivity index (χ0) is 21.4. The number of piperazine rings is 1. The van der Waals surface area contributed by atoms with Crippen LogP contribution in [-0.4, -0.2) is 65.4 Å². The fraction of sp³-hybridized carbons (Fsp3) is 0.652. The number of nitrogens with zero attached hydrogens (tertiary/aromatic N) is 3. The van der Waals surface area contributed by atoms with Gasteiger partial charge in [-0.1, -0.05) is 16.8 Å². The third-order valence-electron chi connectivity index (χ3n) is 7.27. The van der Waals surface area contributed by atoms with Crippen LogP contribution in [0, 0.1) is 5.92 Å². The van der Waals surface area contributed by atoms with Crippen molar-refractivity contribution in [2.24, 2.45) is 5.92 Å². The van der Waals surface area contributed by atoms with Gasteiger partial charge in [0, 0.05) is 43.3 Å². The first kappa shape index (κ1) is 21.0. The number of carbonyl (C=O) groups excluding carboxylic acids is 1. The highest BCUT2D eigenvalue weighted by Crippen LogP contribution is 2.36. The normalized spacial score (nSPS) is 26.2. The lowest BCUT2D eigenvalue weighted by Gasteiger charge is -2.36. The van der Waals surface area contributed by atoms with E-state index in [0.717, 1.165) is 81.1 Å². The predicted octanol–water partition coefficient (Wildman–Crippen LogP) is 3.19. The van der Waals surface area contributed by atoms with Crippen LogP contribution in [0.25, 0.3) is 11.0 Å². The first-order chi connectivity index (χ1) is 15.0. The van der Waals surface area contributed by atoms with Gasteiger partial charge in [0.25, 0.3) is 5.91 Å². The quantitative estimate of drug-likeness (QED) is 0.709. The number of halogens is 1. The minimum absolute atomic E-state index is 0.156. The Balaban J connectivity index is 1.04. The van der Waals surface area contributed by atoms with Crippen LogP contribution >= 0.6 is 11.6 Å². The van der Waals surface area contributed by atoms with Gasteiger partial charge in [0.05, 0.1) is 5.39 Å². The lowest BCUT2D eigenvalue weighted by Crippen LogP contribution is -2.47. The standard InChI is InChI=1S/C23H31ClN4O3/c24-17-3-6-19-20(15-17)31-26-21(19)28-13-11-27(12-14-28)10-7-16-1-4-18(5-2-16)25-22(29)23(30)8-9-23/h3,6,15-16,18,30H,1-2,4-5,7-14H2,(H,25,29)/t16-,18-. The summed E-state index contributed by atoms with van der Waals surface area (Å²) in [6.45, 7) is 5.10. The molecule has 0 radical (unpaired) electrons. The number of carbonyl (C=O) groups is 1. The van der Waals surface area contributed by atoms with Crippen molar-refractivity contribution in [3.8, 4) is 0 Å². The molecule has 2 N–H and O–H groups in total. The van der Waals surface area contributed by atoms with Crippen molar-refractivity contribution < 1.29 is 14.4 Å². The largest absolute Gasteiger partial charge is 0.380 e. The van der Waals surface area contributed by atoms with Gasteiger partial charge in [-0.3, -0.25) is 9.69 Å². The third kappa shape index (κ3) is 4.69. The number of aliphatic hydroxyl groups is 1. The molecule has 0 spiro atoms. The zero-order valence-corrected chi connectivity index (χ0v) is 18.6. The maximum absolute atomic E-state index is 12.0. The van der Waals surface area contributed by atoms with E-state index in [4.69, 9.17) is 16.1 Å². The molecule has 2 aliphatic carbocycles. The summed E-state index contributed by atoms with van der Waals surface area (Å²) in [6, 6.07) is 5.93. The summed E-state index contributed by atoms with van der Waals surface area (Å²) in [5, 5.41) is 18.9. The summed E-state index contributed by atoms with van der Waals surface area (Å²) in [5.41, 5.74) is -0.312. The highest BCUT2D eigenvalue weighted by Gasteiger charge is 2.48. The van der Waals surface area contributed by atoms with Crippen LogP contribution in [0.15, 0.2) is 22.7 Å². The monoisotopic (exact) mass is 446 g/mol. The number of amides is 1. The Kier molecular flexibility index (Phi) is 5.84. The van der Waals surface area contributed by atoms with Gasteiger partial charge >= 0.3 is 0 Å². The first-order valence-corrected chi connectivity index (χ1v) is 11.9. The van der Waals surface area contributed by atoms with E-state index in [1.165, 1.54) is 6.42 Å². The summed E-state index contributed by atoms with van der Waals surface area (Å²) in [7, 11) is 0. The van der Waals surface area contributed by atoms with Crippen molar-refractivity contribution in [3.05, 3.63) is 23.2 Å². The SMILES string of the molecule is O=C(N[C@H]1CC[C@H](CCN2CCN(c3noc4cc(Cl)ccc34)CC2)CC1)C1(O)CC1. The molecule has 7 nitrogen and oxygen atoms in total. The van der Waals surface area contributed by atoms with Crippen LogP contribution in [0.2, 0.25) is 5.02 Å². The van der Waals surface area contributed by atoms with Crippen LogP contribution < -0.4 is 10.2 Å². The number of hydrogen-bond acceptors (Lipinski definition) is 6. The maximum atomic E-state index is 12.0. The van der Waals surface area contributed by atoms with Gasteiger partial charge in [-0.2, -0.15) is 0 Å². The molecule has 31 heavy (non-hydrogen) atoms. The second-order valence-corrected chi connectivity index (χ2v) is 9.92. The lowest BCUT2D eigenvalue weighted by atomic mass is 9.84. The number of fused-ring (bicyclic) bond motifs is 1. The molecule has 8 heteroatoms. The molecule has 2 heterocycles. The smallest absolute Gasteiger partial charge is 0.252 e. The van der Waals surface area contributed by atoms with Crippen molar-refractivity contribution in [1.82, 2.24) is 15.4 Å². The number of aromatic nitrogens is 1. The molecule has 0 unspecified atom stereocenters. The van der Waals surface area contributed by atoms with Crippen molar-refractivity contribution in [2.45, 2.75) is 56.6 Å². The minimum atomic E-state index is -1.05. The summed E-state index contributed by atoms with van der Waals surface area (Å²) in [5.74, 6) is 1.50. The van der Waals surface area contributed by atoms with E-state index in [-0.39, 0.29) is 11.9 Å². The first-order valence-electron chi connectivity index (χ1n) is 11.6. The topological polar surface area (TPSA) is 81.8 Å². The van der Waals surface area contributed by atoms with Crippen LogP contribution in [0.1, 0.15) is 44.9 Å². The Morgan fingerprint density at radius 1 is 1.19 bits per heavy atom. The molecule has 3 aliphatic rings. The van der Waals surface area contributed by atoms with Crippen molar-refractivity contribution in [3.63, 3.8) is 0 Å². The van der Waals surface area contributed by atoms with E-state index < -0.39 is 5.60 Å². The van der Waals surface area contributed by atoms with E-state index in [1.54, 1.807) is 0 Å². The van der Waals surface area contributed by atoms with Gasteiger partial charge in [-0.05, 0) is 69.5 Å². The number of anilines is 1. The van der Waals surface area contributed by atoms with Gasteiger partial charge < -0.3 is 19.8 Å². The molecular weight excluding hydrogens is 416 g/mol. The van der Waals surface area contributed by atoms with Gasteiger partial charge in [-0.15, -0.1) is 0 Å². The molecule has 0 bridgehead atoms. The molecule has 168 valence electrons. The van der Waals surface area contributed by atoms with Gasteiger partial charge in [0.2, 0.25) is 0 Å². The van der Waals surface area contributed by atoms with Crippen molar-refractivity contribution >= 4 is 34.3 Å². The van der Waals surface area contributed by atoms with Gasteiger partial charge in [-0.25, -0.2) is 0 Å². The second kappa shape index (κ2) is 8.60. The van der Waals surface area contributed by atoms with Crippen LogP contribution in [0.4, 0.5) is 5.82 Å². The van der Waals surface area contributed by atoms with Crippen molar-refractivity contribution in [2.75, 3.05) is 37.6 Å². The average molecular weight is 447 g/mol. The summed E-state index contributed by atoms with van der Waals surface area (Å²) >= 11 is 6.05. The molecule has 2 saturated carbocycles. The van der Waals surface area contributed by atoms with Crippen molar-refractivity contribution in [1.29, 1.82) is 0 Å². The highest BCUT2D eigenvalue weighted by molar-refractivity contribution is 6.31. The highest BCUT2D eigenvalue weighted by atomic mass is 35.5. The predicted molar refractivity (Wildman–Crippen MR) is 120 cm³/mol. The van der Waals surface area contributed by atoms with E-state index in [0.29, 0.717) is 17.9 Å². The molecule has 5 rings (SSSR count). The molecule has 0 atom stereocenters. The fourth-order valence-electron chi connectivity index (χ4n) is 4.94. The Morgan fingerprint density at radius 2 is 1.94 bits per heavy atom. The third-order valence-corrected chi connectivity index (χ3v) is 7.50. The summed E-state index contributed by atoms with van der Waals surface area (Å²) in [4.78, 5) is 16.9. The Labute approximate surface area is 187 Å². The Morgan fingerprint density at radius 3 is 2.65 bits per heavy atom. The van der Waals surface area contributed by atoms with Gasteiger partial charge in [0.15, 0.2) is 11.4 Å². The number of nitrogens with one attached hydrogen (secondary N) is 1. The minimum Gasteiger partial charge on any atom is -0.380 e. The molecule has 1 aromatic heterocycles. The average Bonchev–Trinajstić information content (AvgIpc) is 3.40. The number of benzene rings is 1. The maximum Gasteiger partial charge on any atom is 0.252 e. The molecule has 3 fully saturated rings. The number of hydrogen-bond donors (Lipinski definition) is 2. The van der Waals surface area contributed by atoms with Gasteiger partial charge in [0.1, 0.15) is 5.60 Å². The van der Waals surface area contributed by atoms with E-state index in [1.807, 2.05) is 18.2 Å². The molecule has 1 amide bonds. The lowest BCUT2D eigenvalue weighted by molar-refractivity contribution is -0.132. The summed E-state index contributed by atoms with van der Waals surface area (Å²) in [6.07, 6.45) is 6.84. The number of rotatable bonds is 6. The molecule has 1 aromatic carbocycles. The zero-order valence-electron chi connectivity index (χ0n) is 17.9. The van der Waals surface area contributed by atoms with Crippen LogP contribution in [0.3, 0.4) is 0 Å². The molecule has 1 saturated heterocycles. The second-order valence-electron chi connectivity index (χ2n) is 9.49. The molecule has 1 aliphatic heterocycles. The molecular formula is C23H31ClN4O3. The van der Waals surface area contributed by atoms with Crippen LogP contribution in [0.5, 0.6) is 0 Å². The Hall–Kier alpha value is -1.83. The molecule has 2 aromatic rings. The van der Waals surface area contributed by atoms with E-state index >= 15 is 0 Å². The fourth-order valence-corrected chi connectivity index (χ4v) is 5.10. The van der Waals surface area contributed by atoms with E-state index in [9.17, 15) is 9.90 Å².